The Labute approximate surface area is 204 Å². The number of aliphatic hydroxyl groups is 2. The maximum atomic E-state index is 13.2. The molecule has 0 saturated carbocycles. The Kier molecular flexibility index (Phi) is 6.71. The van der Waals surface area contributed by atoms with Crippen molar-refractivity contribution >= 4 is 38.3 Å². The van der Waals surface area contributed by atoms with Gasteiger partial charge in [0.2, 0.25) is 0 Å². The van der Waals surface area contributed by atoms with Crippen LogP contribution in [0, 0.1) is 21.4 Å². The number of aliphatic hydroxyl groups excluding tert-OH is 2. The van der Waals surface area contributed by atoms with Gasteiger partial charge in [-0.2, -0.15) is 9.57 Å². The van der Waals surface area contributed by atoms with Gasteiger partial charge in [0.25, 0.3) is 15.7 Å². The highest BCUT2D eigenvalue weighted by molar-refractivity contribution is 7.89. The molecule has 1 fully saturated rings. The van der Waals surface area contributed by atoms with Crippen molar-refractivity contribution in [2.45, 2.75) is 23.5 Å². The van der Waals surface area contributed by atoms with E-state index in [0.29, 0.717) is 15.3 Å². The van der Waals surface area contributed by atoms with E-state index in [4.69, 9.17) is 4.74 Å². The molecule has 2 heterocycles. The van der Waals surface area contributed by atoms with Gasteiger partial charge in [-0.15, -0.1) is 0 Å². The van der Waals surface area contributed by atoms with Crippen LogP contribution in [0.3, 0.4) is 0 Å². The largest absolute Gasteiger partial charge is 0.507 e. The topological polar surface area (TPSA) is 200 Å². The Morgan fingerprint density at radius 1 is 1.28 bits per heavy atom. The van der Waals surface area contributed by atoms with E-state index in [2.05, 4.69) is 9.97 Å². The van der Waals surface area contributed by atoms with Gasteiger partial charge in [0, 0.05) is 19.0 Å². The first kappa shape index (κ1) is 24.8. The van der Waals surface area contributed by atoms with Crippen LogP contribution in [0.15, 0.2) is 59.2 Å². The van der Waals surface area contributed by atoms with E-state index < -0.39 is 62.6 Å². The third-order valence-electron chi connectivity index (χ3n) is 5.53. The fourth-order valence-electron chi connectivity index (χ4n) is 3.85. The lowest BCUT2D eigenvalue weighted by molar-refractivity contribution is -0.387. The number of nitro groups is 1. The van der Waals surface area contributed by atoms with E-state index in [1.807, 2.05) is 0 Å². The number of hydrogen-bond donors (Lipinski definition) is 3. The van der Waals surface area contributed by atoms with Gasteiger partial charge in [-0.25, -0.2) is 13.4 Å². The molecule has 4 rings (SSSR count). The van der Waals surface area contributed by atoms with Crippen molar-refractivity contribution in [2.24, 2.45) is 0 Å². The summed E-state index contributed by atoms with van der Waals surface area (Å²) in [5.41, 5.74) is 0.188. The standard InChI is InChI=1S/C22H19N5O8S/c23-10-14(21-24-15-5-1-2-6-16(15)25-21)19(29)12-35-22(30)18-9-13(28)11-26(18)36(33,34)20-8-4-3-7-17(20)27(31)32/h1-8,13,18,28-29H,9,11-12H2,(H,24,25)/t13-,18-/m0/s1. The number of aromatic amines is 1. The highest BCUT2D eigenvalue weighted by Crippen LogP contribution is 2.32. The quantitative estimate of drug-likeness (QED) is 0.137. The molecule has 0 amide bonds. The zero-order valence-corrected chi connectivity index (χ0v) is 19.3. The van der Waals surface area contributed by atoms with E-state index in [0.717, 1.165) is 12.1 Å². The normalized spacial score (nSPS) is 19.0. The molecule has 14 heteroatoms. The second kappa shape index (κ2) is 9.74. The number of rotatable bonds is 7. The third kappa shape index (κ3) is 4.62. The van der Waals surface area contributed by atoms with Crippen molar-refractivity contribution in [3.63, 3.8) is 0 Å². The average molecular weight is 513 g/mol. The number of nitrogens with zero attached hydrogens (tertiary/aromatic N) is 4. The number of nitrogens with one attached hydrogen (secondary N) is 1. The van der Waals surface area contributed by atoms with Crippen LogP contribution in [-0.4, -0.2) is 69.1 Å². The number of aromatic nitrogens is 2. The van der Waals surface area contributed by atoms with Crippen LogP contribution in [0.5, 0.6) is 0 Å². The number of para-hydroxylation sites is 3. The summed E-state index contributed by atoms with van der Waals surface area (Å²) in [4.78, 5) is 29.7. The van der Waals surface area contributed by atoms with Gasteiger partial charge in [0.1, 0.15) is 24.3 Å². The Hall–Kier alpha value is -4.32. The van der Waals surface area contributed by atoms with Gasteiger partial charge in [-0.1, -0.05) is 24.3 Å². The van der Waals surface area contributed by atoms with Crippen LogP contribution in [0.1, 0.15) is 12.2 Å². The average Bonchev–Trinajstić information content (AvgIpc) is 3.47. The second-order valence-electron chi connectivity index (χ2n) is 7.85. The Morgan fingerprint density at radius 2 is 1.97 bits per heavy atom. The number of ether oxygens (including phenoxy) is 1. The molecule has 0 spiro atoms. The molecule has 2 atom stereocenters. The van der Waals surface area contributed by atoms with Gasteiger partial charge >= 0.3 is 5.97 Å². The third-order valence-corrected chi connectivity index (χ3v) is 7.45. The molecule has 3 N–H and O–H groups in total. The summed E-state index contributed by atoms with van der Waals surface area (Å²) in [6, 6.07) is 11.8. The molecule has 3 aromatic rings. The smallest absolute Gasteiger partial charge is 0.325 e. The number of carbonyl (C=O) groups is 1. The number of esters is 1. The van der Waals surface area contributed by atoms with Crippen molar-refractivity contribution in [1.82, 2.24) is 14.3 Å². The number of sulfonamides is 1. The van der Waals surface area contributed by atoms with Gasteiger partial charge in [-0.05, 0) is 18.2 Å². The Bertz CT molecular complexity index is 1490. The first-order valence-electron chi connectivity index (χ1n) is 10.5. The summed E-state index contributed by atoms with van der Waals surface area (Å²) in [6.45, 7) is -1.26. The summed E-state index contributed by atoms with van der Waals surface area (Å²) in [5.74, 6) is -1.69. The highest BCUT2D eigenvalue weighted by atomic mass is 32.2. The summed E-state index contributed by atoms with van der Waals surface area (Å²) >= 11 is 0. The molecule has 1 aliphatic heterocycles. The first-order chi connectivity index (χ1) is 17.1. The molecule has 1 saturated heterocycles. The number of β-amino-alcohol motifs (C(OH)–C–C–N with tert-alkyl or cyclic N) is 1. The van der Waals surface area contributed by atoms with Crippen LogP contribution in [0.2, 0.25) is 0 Å². The predicted octanol–water partition coefficient (Wildman–Crippen LogP) is 1.63. The number of allylic oxidation sites excluding steroid dienone is 1. The minimum atomic E-state index is -4.57. The molecule has 1 aromatic heterocycles. The molecule has 36 heavy (non-hydrogen) atoms. The minimum absolute atomic E-state index is 0.0455. The molecule has 0 bridgehead atoms. The number of imidazole rings is 1. The summed E-state index contributed by atoms with van der Waals surface area (Å²) in [7, 11) is -4.57. The van der Waals surface area contributed by atoms with Gasteiger partial charge in [-0.3, -0.25) is 14.9 Å². The molecular weight excluding hydrogens is 494 g/mol. The minimum Gasteiger partial charge on any atom is -0.507 e. The summed E-state index contributed by atoms with van der Waals surface area (Å²) in [6.07, 6.45) is -1.55. The predicted molar refractivity (Wildman–Crippen MR) is 124 cm³/mol. The number of fused-ring (bicyclic) bond motifs is 1. The molecule has 186 valence electrons. The fraction of sp³-hybridized carbons (Fsp3) is 0.227. The van der Waals surface area contributed by atoms with E-state index in [1.165, 1.54) is 12.1 Å². The van der Waals surface area contributed by atoms with Crippen LogP contribution in [0.4, 0.5) is 5.69 Å². The highest BCUT2D eigenvalue weighted by Gasteiger charge is 2.46. The number of nitro benzene ring substituents is 1. The molecule has 1 aliphatic rings. The monoisotopic (exact) mass is 513 g/mol. The summed E-state index contributed by atoms with van der Waals surface area (Å²) in [5, 5.41) is 41.3. The Morgan fingerprint density at radius 3 is 2.67 bits per heavy atom. The van der Waals surface area contributed by atoms with Crippen LogP contribution in [-0.2, 0) is 19.6 Å². The van der Waals surface area contributed by atoms with Crippen LogP contribution in [0.25, 0.3) is 16.6 Å². The van der Waals surface area contributed by atoms with E-state index >= 15 is 0 Å². The maximum absolute atomic E-state index is 13.2. The zero-order chi connectivity index (χ0) is 26.0. The molecule has 2 aromatic carbocycles. The van der Waals surface area contributed by atoms with E-state index in [9.17, 15) is 38.8 Å². The van der Waals surface area contributed by atoms with Crippen molar-refractivity contribution < 1.29 is 33.1 Å². The number of H-pyrrole nitrogens is 1. The molecule has 0 aliphatic carbocycles. The summed E-state index contributed by atoms with van der Waals surface area (Å²) < 4.78 is 32.0. The van der Waals surface area contributed by atoms with Crippen molar-refractivity contribution in [3.8, 4) is 6.07 Å². The Balaban J connectivity index is 1.56. The van der Waals surface area contributed by atoms with Crippen LogP contribution < -0.4 is 0 Å². The zero-order valence-electron chi connectivity index (χ0n) is 18.4. The van der Waals surface area contributed by atoms with Crippen molar-refractivity contribution in [2.75, 3.05) is 13.2 Å². The first-order valence-corrected chi connectivity index (χ1v) is 11.9. The van der Waals surface area contributed by atoms with Gasteiger partial charge in [0.05, 0.1) is 22.1 Å². The fourth-order valence-corrected chi connectivity index (χ4v) is 5.64. The van der Waals surface area contributed by atoms with Crippen molar-refractivity contribution in [3.05, 3.63) is 70.2 Å². The lowest BCUT2D eigenvalue weighted by atomic mass is 10.2. The van der Waals surface area contributed by atoms with Crippen molar-refractivity contribution in [1.29, 1.82) is 5.26 Å². The second-order valence-corrected chi connectivity index (χ2v) is 9.71. The molecule has 0 unspecified atom stereocenters. The number of carbonyl (C=O) groups excluding carboxylic acids is 1. The maximum Gasteiger partial charge on any atom is 0.325 e. The lowest BCUT2D eigenvalue weighted by Crippen LogP contribution is -2.41. The van der Waals surface area contributed by atoms with E-state index in [1.54, 1.807) is 30.3 Å². The van der Waals surface area contributed by atoms with E-state index in [-0.39, 0.29) is 17.8 Å². The lowest BCUT2D eigenvalue weighted by Gasteiger charge is -2.22. The molecular formula is C22H19N5O8S. The number of nitriles is 1. The van der Waals surface area contributed by atoms with Crippen LogP contribution >= 0.6 is 0 Å². The number of hydrogen-bond acceptors (Lipinski definition) is 10. The van der Waals surface area contributed by atoms with Gasteiger partial charge in [0.15, 0.2) is 16.5 Å². The molecule has 0 radical (unpaired) electrons. The van der Waals surface area contributed by atoms with Gasteiger partial charge < -0.3 is 19.9 Å². The number of benzene rings is 2. The molecule has 13 nitrogen and oxygen atoms in total. The SMILES string of the molecule is N#CC(=C(O)COC(=O)[C@@H]1C[C@H](O)CN1S(=O)(=O)c1ccccc1[N+](=O)[O-])c1nc2ccccc2[nH]1.